The Hall–Kier alpha value is -2.31. The van der Waals surface area contributed by atoms with Gasteiger partial charge < -0.3 is 20.1 Å². The zero-order chi connectivity index (χ0) is 21.1. The maximum atomic E-state index is 5.70. The second-order valence-corrected chi connectivity index (χ2v) is 7.20. The summed E-state index contributed by atoms with van der Waals surface area (Å²) in [6, 6.07) is 13.9. The summed E-state index contributed by atoms with van der Waals surface area (Å²) in [5, 5.41) is 7.03. The van der Waals surface area contributed by atoms with E-state index in [2.05, 4.69) is 42.4 Å². The predicted molar refractivity (Wildman–Crippen MR) is 126 cm³/mol. The molecular weight excluding hydrogens is 382 g/mol. The Kier molecular flexibility index (Phi) is 9.74. The van der Waals surface area contributed by atoms with Crippen LogP contribution in [-0.4, -0.2) is 36.8 Å². The van der Waals surface area contributed by atoms with E-state index in [0.29, 0.717) is 5.11 Å². The smallest absolute Gasteiger partial charge is 0.175 e. The molecule has 158 valence electrons. The first-order chi connectivity index (χ1) is 14.1. The van der Waals surface area contributed by atoms with Gasteiger partial charge in [-0.25, -0.2) is 0 Å². The monoisotopic (exact) mass is 415 g/mol. The van der Waals surface area contributed by atoms with E-state index in [1.807, 2.05) is 36.4 Å². The Labute approximate surface area is 180 Å². The van der Waals surface area contributed by atoms with E-state index in [-0.39, 0.29) is 0 Å². The molecule has 6 heteroatoms. The number of methoxy groups -OCH3 is 1. The Morgan fingerprint density at radius 1 is 0.966 bits per heavy atom. The molecule has 0 aliphatic carbocycles. The van der Waals surface area contributed by atoms with Crippen molar-refractivity contribution >= 4 is 28.7 Å². The standard InChI is InChI=1S/C23H33N3O2S/c1-5-8-15-28-21-12-9-19(10-13-21)24-23(29)25-20-11-14-22(27-4)18(16-20)17-26(6-2)7-3/h9-14,16H,5-8,15,17H2,1-4H3,(H2,24,25,29). The average molecular weight is 416 g/mol. The van der Waals surface area contributed by atoms with Crippen LogP contribution in [0.2, 0.25) is 0 Å². The van der Waals surface area contributed by atoms with Gasteiger partial charge in [-0.2, -0.15) is 0 Å². The van der Waals surface area contributed by atoms with Gasteiger partial charge in [0.15, 0.2) is 5.11 Å². The van der Waals surface area contributed by atoms with E-state index in [0.717, 1.165) is 67.5 Å². The SMILES string of the molecule is CCCCOc1ccc(NC(=S)Nc2ccc(OC)c(CN(CC)CC)c2)cc1. The highest BCUT2D eigenvalue weighted by atomic mass is 32.1. The van der Waals surface area contributed by atoms with Crippen LogP contribution in [0.5, 0.6) is 11.5 Å². The number of hydrogen-bond acceptors (Lipinski definition) is 4. The number of hydrogen-bond donors (Lipinski definition) is 2. The van der Waals surface area contributed by atoms with Crippen molar-refractivity contribution in [2.75, 3.05) is 37.4 Å². The number of nitrogens with zero attached hydrogens (tertiary/aromatic N) is 1. The lowest BCUT2D eigenvalue weighted by Crippen LogP contribution is -2.23. The van der Waals surface area contributed by atoms with E-state index in [1.54, 1.807) is 7.11 Å². The summed E-state index contributed by atoms with van der Waals surface area (Å²) in [6.45, 7) is 10.1. The van der Waals surface area contributed by atoms with Crippen molar-refractivity contribution in [1.82, 2.24) is 4.90 Å². The number of thiocarbonyl (C=S) groups is 1. The number of ether oxygens (including phenoxy) is 2. The summed E-state index contributed by atoms with van der Waals surface area (Å²) in [5.41, 5.74) is 2.99. The molecule has 0 radical (unpaired) electrons. The molecule has 0 aromatic heterocycles. The topological polar surface area (TPSA) is 45.8 Å². The van der Waals surface area contributed by atoms with Crippen LogP contribution in [-0.2, 0) is 6.54 Å². The lowest BCUT2D eigenvalue weighted by Gasteiger charge is -2.20. The minimum atomic E-state index is 0.545. The zero-order valence-electron chi connectivity index (χ0n) is 18.0. The summed E-state index contributed by atoms with van der Waals surface area (Å²) >= 11 is 5.48. The molecule has 0 saturated heterocycles. The molecule has 29 heavy (non-hydrogen) atoms. The van der Waals surface area contributed by atoms with Gasteiger partial charge in [-0.05, 0) is 74.2 Å². The normalized spacial score (nSPS) is 10.7. The fourth-order valence-corrected chi connectivity index (χ4v) is 3.17. The number of nitrogens with one attached hydrogen (secondary N) is 2. The van der Waals surface area contributed by atoms with E-state index in [4.69, 9.17) is 21.7 Å². The lowest BCUT2D eigenvalue weighted by atomic mass is 10.1. The van der Waals surface area contributed by atoms with Crippen LogP contribution in [0.15, 0.2) is 42.5 Å². The summed E-state index contributed by atoms with van der Waals surface area (Å²) in [7, 11) is 1.70. The molecule has 0 fully saturated rings. The molecule has 0 spiro atoms. The van der Waals surface area contributed by atoms with Crippen LogP contribution >= 0.6 is 12.2 Å². The first-order valence-electron chi connectivity index (χ1n) is 10.3. The van der Waals surface area contributed by atoms with Gasteiger partial charge in [0, 0.05) is 23.5 Å². The third-order valence-electron chi connectivity index (χ3n) is 4.71. The van der Waals surface area contributed by atoms with Gasteiger partial charge in [-0.1, -0.05) is 27.2 Å². The molecule has 2 aromatic carbocycles. The van der Waals surface area contributed by atoms with Gasteiger partial charge >= 0.3 is 0 Å². The first kappa shape index (κ1) is 23.0. The predicted octanol–water partition coefficient (Wildman–Crippen LogP) is 5.52. The van der Waals surface area contributed by atoms with Gasteiger partial charge in [-0.3, -0.25) is 4.90 Å². The van der Waals surface area contributed by atoms with Crippen molar-refractivity contribution in [3.05, 3.63) is 48.0 Å². The van der Waals surface area contributed by atoms with Gasteiger partial charge in [0.2, 0.25) is 0 Å². The number of unbranched alkanes of at least 4 members (excludes halogenated alkanes) is 1. The fraction of sp³-hybridized carbons (Fsp3) is 0.435. The Bertz CT molecular complexity index is 761. The second kappa shape index (κ2) is 12.3. The van der Waals surface area contributed by atoms with Crippen molar-refractivity contribution in [2.24, 2.45) is 0 Å². The summed E-state index contributed by atoms with van der Waals surface area (Å²) in [4.78, 5) is 2.35. The molecule has 0 saturated carbocycles. The van der Waals surface area contributed by atoms with Crippen LogP contribution in [0, 0.1) is 0 Å². The first-order valence-corrected chi connectivity index (χ1v) is 10.7. The molecule has 0 aliphatic heterocycles. The third-order valence-corrected chi connectivity index (χ3v) is 4.91. The van der Waals surface area contributed by atoms with Gasteiger partial charge in [0.05, 0.1) is 13.7 Å². The third kappa shape index (κ3) is 7.55. The fourth-order valence-electron chi connectivity index (χ4n) is 2.93. The van der Waals surface area contributed by atoms with Crippen LogP contribution < -0.4 is 20.1 Å². The Balaban J connectivity index is 1.97. The highest BCUT2D eigenvalue weighted by Crippen LogP contribution is 2.24. The second-order valence-electron chi connectivity index (χ2n) is 6.79. The summed E-state index contributed by atoms with van der Waals surface area (Å²) < 4.78 is 11.2. The number of anilines is 2. The number of benzene rings is 2. The maximum Gasteiger partial charge on any atom is 0.175 e. The highest BCUT2D eigenvalue weighted by molar-refractivity contribution is 7.80. The van der Waals surface area contributed by atoms with Gasteiger partial charge in [0.1, 0.15) is 11.5 Å². The molecule has 0 atom stereocenters. The molecule has 0 unspecified atom stereocenters. The van der Waals surface area contributed by atoms with Crippen molar-refractivity contribution in [2.45, 2.75) is 40.2 Å². The zero-order valence-corrected chi connectivity index (χ0v) is 18.8. The molecule has 0 bridgehead atoms. The average Bonchev–Trinajstić information content (AvgIpc) is 2.73. The van der Waals surface area contributed by atoms with Crippen molar-refractivity contribution in [3.63, 3.8) is 0 Å². The van der Waals surface area contributed by atoms with Crippen molar-refractivity contribution < 1.29 is 9.47 Å². The molecule has 0 amide bonds. The lowest BCUT2D eigenvalue weighted by molar-refractivity contribution is 0.289. The van der Waals surface area contributed by atoms with Gasteiger partial charge in [-0.15, -0.1) is 0 Å². The minimum Gasteiger partial charge on any atom is -0.496 e. The van der Waals surface area contributed by atoms with Crippen LogP contribution in [0.4, 0.5) is 11.4 Å². The van der Waals surface area contributed by atoms with Crippen LogP contribution in [0.1, 0.15) is 39.2 Å². The number of rotatable bonds is 11. The summed E-state index contributed by atoms with van der Waals surface area (Å²) in [5.74, 6) is 1.76. The molecule has 0 aliphatic rings. The highest BCUT2D eigenvalue weighted by Gasteiger charge is 2.09. The van der Waals surface area contributed by atoms with E-state index >= 15 is 0 Å². The molecule has 0 heterocycles. The van der Waals surface area contributed by atoms with Crippen molar-refractivity contribution in [1.29, 1.82) is 0 Å². The van der Waals surface area contributed by atoms with E-state index in [9.17, 15) is 0 Å². The largest absolute Gasteiger partial charge is 0.496 e. The van der Waals surface area contributed by atoms with E-state index < -0.39 is 0 Å². The molecule has 2 N–H and O–H groups in total. The Morgan fingerprint density at radius 2 is 1.62 bits per heavy atom. The summed E-state index contributed by atoms with van der Waals surface area (Å²) in [6.07, 6.45) is 2.19. The van der Waals surface area contributed by atoms with Crippen LogP contribution in [0.25, 0.3) is 0 Å². The van der Waals surface area contributed by atoms with Crippen molar-refractivity contribution in [3.8, 4) is 11.5 Å². The van der Waals surface area contributed by atoms with Gasteiger partial charge in [0.25, 0.3) is 0 Å². The quantitative estimate of drug-likeness (QED) is 0.372. The Morgan fingerprint density at radius 3 is 2.24 bits per heavy atom. The molecule has 2 aromatic rings. The van der Waals surface area contributed by atoms with E-state index in [1.165, 1.54) is 0 Å². The van der Waals surface area contributed by atoms with Crippen LogP contribution in [0.3, 0.4) is 0 Å². The molecular formula is C23H33N3O2S. The molecule has 2 rings (SSSR count). The minimum absolute atomic E-state index is 0.545. The molecule has 5 nitrogen and oxygen atoms in total. The maximum absolute atomic E-state index is 5.70.